The zero-order chi connectivity index (χ0) is 19.8. The zero-order valence-corrected chi connectivity index (χ0v) is 18.1. The van der Waals surface area contributed by atoms with Crippen molar-refractivity contribution in [2.45, 2.75) is 11.7 Å². The van der Waals surface area contributed by atoms with Gasteiger partial charge >= 0.3 is 0 Å². The van der Waals surface area contributed by atoms with Gasteiger partial charge in [-0.1, -0.05) is 30.0 Å². The standard InChI is InChI=1S/C19H23N5O3S.ClH/c1-25-16-11-14(12-17(26-2)18(16)27-3)13-20-9-10-28-19-21-22-23-24(19)15-7-5-4-6-8-15;/h4-8,11-12,20H,9-10,13H2,1-3H3;1H. The lowest BCUT2D eigenvalue weighted by Gasteiger charge is -2.14. The molecule has 3 rings (SSSR count). The number of methoxy groups -OCH3 is 3. The Hall–Kier alpha value is -2.49. The third kappa shape index (κ3) is 5.75. The number of aromatic nitrogens is 4. The van der Waals surface area contributed by atoms with E-state index in [1.165, 1.54) is 0 Å². The highest BCUT2D eigenvalue weighted by Crippen LogP contribution is 2.38. The summed E-state index contributed by atoms with van der Waals surface area (Å²) < 4.78 is 17.9. The van der Waals surface area contributed by atoms with Crippen molar-refractivity contribution in [2.24, 2.45) is 0 Å². The monoisotopic (exact) mass is 437 g/mol. The highest BCUT2D eigenvalue weighted by Gasteiger charge is 2.13. The molecule has 0 radical (unpaired) electrons. The van der Waals surface area contributed by atoms with Crippen LogP contribution in [-0.4, -0.2) is 53.8 Å². The Morgan fingerprint density at radius 3 is 2.31 bits per heavy atom. The first-order valence-electron chi connectivity index (χ1n) is 8.73. The average Bonchev–Trinajstić information content (AvgIpc) is 3.21. The molecule has 8 nitrogen and oxygen atoms in total. The molecule has 3 aromatic rings. The SMILES string of the molecule is COc1cc(CNCCSc2nnnn2-c2ccccc2)cc(OC)c1OC.Cl. The van der Waals surface area contributed by atoms with Crippen LogP contribution in [0.5, 0.6) is 17.2 Å². The minimum Gasteiger partial charge on any atom is -0.493 e. The maximum absolute atomic E-state index is 5.39. The molecule has 0 fully saturated rings. The van der Waals surface area contributed by atoms with Crippen molar-refractivity contribution in [3.8, 4) is 22.9 Å². The molecule has 0 unspecified atom stereocenters. The fourth-order valence-electron chi connectivity index (χ4n) is 2.68. The van der Waals surface area contributed by atoms with Crippen LogP contribution in [0.4, 0.5) is 0 Å². The van der Waals surface area contributed by atoms with Gasteiger partial charge in [-0.2, -0.15) is 4.68 Å². The predicted molar refractivity (Wildman–Crippen MR) is 115 cm³/mol. The second-order valence-corrected chi connectivity index (χ2v) is 6.83. The molecular weight excluding hydrogens is 414 g/mol. The summed E-state index contributed by atoms with van der Waals surface area (Å²) in [7, 11) is 4.82. The molecule has 2 aromatic carbocycles. The first kappa shape index (κ1) is 22.8. The van der Waals surface area contributed by atoms with Gasteiger partial charge in [0.15, 0.2) is 11.5 Å². The normalized spacial score (nSPS) is 10.3. The molecular formula is C19H24ClN5O3S. The van der Waals surface area contributed by atoms with E-state index in [0.29, 0.717) is 23.8 Å². The third-order valence-corrected chi connectivity index (χ3v) is 4.93. The van der Waals surface area contributed by atoms with Crippen molar-refractivity contribution < 1.29 is 14.2 Å². The van der Waals surface area contributed by atoms with E-state index in [1.807, 2.05) is 42.5 Å². The van der Waals surface area contributed by atoms with Crippen molar-refractivity contribution >= 4 is 24.2 Å². The van der Waals surface area contributed by atoms with E-state index in [2.05, 4.69) is 20.8 Å². The number of rotatable bonds is 10. The number of ether oxygens (including phenoxy) is 3. The number of thioether (sulfide) groups is 1. The molecule has 1 aromatic heterocycles. The minimum absolute atomic E-state index is 0. The fraction of sp³-hybridized carbons (Fsp3) is 0.316. The van der Waals surface area contributed by atoms with Crippen molar-refractivity contribution in [3.63, 3.8) is 0 Å². The number of nitrogens with one attached hydrogen (secondary N) is 1. The number of nitrogens with zero attached hydrogens (tertiary/aromatic N) is 4. The average molecular weight is 438 g/mol. The Balaban J connectivity index is 0.00000300. The Morgan fingerprint density at radius 2 is 1.69 bits per heavy atom. The molecule has 0 saturated carbocycles. The highest BCUT2D eigenvalue weighted by atomic mass is 35.5. The lowest BCUT2D eigenvalue weighted by molar-refractivity contribution is 0.323. The molecule has 0 spiro atoms. The first-order chi connectivity index (χ1) is 13.8. The van der Waals surface area contributed by atoms with Gasteiger partial charge in [-0.05, 0) is 40.3 Å². The van der Waals surface area contributed by atoms with Crippen LogP contribution >= 0.6 is 24.2 Å². The van der Waals surface area contributed by atoms with Crippen molar-refractivity contribution in [2.75, 3.05) is 33.6 Å². The quantitative estimate of drug-likeness (QED) is 0.383. The lowest BCUT2D eigenvalue weighted by atomic mass is 10.2. The summed E-state index contributed by atoms with van der Waals surface area (Å²) in [5.74, 6) is 2.72. The van der Waals surface area contributed by atoms with E-state index in [1.54, 1.807) is 37.8 Å². The van der Waals surface area contributed by atoms with Gasteiger partial charge in [0, 0.05) is 18.8 Å². The molecule has 156 valence electrons. The Bertz CT molecular complexity index is 870. The van der Waals surface area contributed by atoms with Crippen LogP contribution in [0, 0.1) is 0 Å². The van der Waals surface area contributed by atoms with Gasteiger partial charge in [0.1, 0.15) is 0 Å². The molecule has 1 N–H and O–H groups in total. The van der Waals surface area contributed by atoms with E-state index in [0.717, 1.165) is 28.7 Å². The second kappa shape index (κ2) is 11.5. The zero-order valence-electron chi connectivity index (χ0n) is 16.5. The van der Waals surface area contributed by atoms with Crippen LogP contribution in [0.25, 0.3) is 5.69 Å². The molecule has 10 heteroatoms. The molecule has 0 aliphatic rings. The predicted octanol–water partition coefficient (Wildman–Crippen LogP) is 2.99. The number of hydrogen-bond donors (Lipinski definition) is 1. The third-order valence-electron chi connectivity index (χ3n) is 4.01. The molecule has 29 heavy (non-hydrogen) atoms. The summed E-state index contributed by atoms with van der Waals surface area (Å²) in [4.78, 5) is 0. The largest absolute Gasteiger partial charge is 0.493 e. The van der Waals surface area contributed by atoms with Gasteiger partial charge in [0.05, 0.1) is 27.0 Å². The Morgan fingerprint density at radius 1 is 1.00 bits per heavy atom. The fourth-order valence-corrected chi connectivity index (χ4v) is 3.47. The van der Waals surface area contributed by atoms with Crippen LogP contribution in [0.1, 0.15) is 5.56 Å². The summed E-state index contributed by atoms with van der Waals surface area (Å²) >= 11 is 1.60. The van der Waals surface area contributed by atoms with E-state index in [9.17, 15) is 0 Å². The molecule has 0 aliphatic heterocycles. The van der Waals surface area contributed by atoms with Gasteiger partial charge in [-0.3, -0.25) is 0 Å². The van der Waals surface area contributed by atoms with Crippen LogP contribution < -0.4 is 19.5 Å². The van der Waals surface area contributed by atoms with E-state index in [4.69, 9.17) is 14.2 Å². The van der Waals surface area contributed by atoms with Gasteiger partial charge in [-0.15, -0.1) is 17.5 Å². The van der Waals surface area contributed by atoms with Crippen LogP contribution in [0.3, 0.4) is 0 Å². The topological polar surface area (TPSA) is 83.3 Å². The minimum atomic E-state index is 0. The van der Waals surface area contributed by atoms with Crippen LogP contribution in [0.2, 0.25) is 0 Å². The summed E-state index contributed by atoms with van der Waals surface area (Å²) in [6.07, 6.45) is 0. The Kier molecular flexibility index (Phi) is 9.04. The summed E-state index contributed by atoms with van der Waals surface area (Å²) in [5, 5.41) is 16.1. The molecule has 0 atom stereocenters. The van der Waals surface area contributed by atoms with Gasteiger partial charge in [0.2, 0.25) is 10.9 Å². The summed E-state index contributed by atoms with van der Waals surface area (Å²) in [5.41, 5.74) is 1.99. The maximum atomic E-state index is 5.39. The number of para-hydroxylation sites is 1. The second-order valence-electron chi connectivity index (χ2n) is 5.77. The number of halogens is 1. The molecule has 0 bridgehead atoms. The Labute approximate surface area is 180 Å². The van der Waals surface area contributed by atoms with Gasteiger partial charge in [-0.25, -0.2) is 0 Å². The van der Waals surface area contributed by atoms with E-state index in [-0.39, 0.29) is 12.4 Å². The molecule has 0 amide bonds. The van der Waals surface area contributed by atoms with Crippen LogP contribution in [-0.2, 0) is 6.54 Å². The molecule has 0 saturated heterocycles. The smallest absolute Gasteiger partial charge is 0.214 e. The highest BCUT2D eigenvalue weighted by molar-refractivity contribution is 7.99. The molecule has 1 heterocycles. The lowest BCUT2D eigenvalue weighted by Crippen LogP contribution is -2.17. The van der Waals surface area contributed by atoms with E-state index < -0.39 is 0 Å². The van der Waals surface area contributed by atoms with Crippen molar-refractivity contribution in [3.05, 3.63) is 48.0 Å². The van der Waals surface area contributed by atoms with Gasteiger partial charge < -0.3 is 19.5 Å². The maximum Gasteiger partial charge on any atom is 0.214 e. The van der Waals surface area contributed by atoms with Crippen molar-refractivity contribution in [1.29, 1.82) is 0 Å². The van der Waals surface area contributed by atoms with E-state index >= 15 is 0 Å². The summed E-state index contributed by atoms with van der Waals surface area (Å²) in [6.45, 7) is 1.48. The number of benzene rings is 2. The van der Waals surface area contributed by atoms with Crippen molar-refractivity contribution in [1.82, 2.24) is 25.5 Å². The number of hydrogen-bond acceptors (Lipinski definition) is 8. The summed E-state index contributed by atoms with van der Waals surface area (Å²) in [6, 6.07) is 13.7. The van der Waals surface area contributed by atoms with Crippen LogP contribution in [0.15, 0.2) is 47.6 Å². The van der Waals surface area contributed by atoms with Gasteiger partial charge in [0.25, 0.3) is 0 Å². The molecule has 0 aliphatic carbocycles. The first-order valence-corrected chi connectivity index (χ1v) is 9.71. The number of tetrazole rings is 1.